The Kier molecular flexibility index (Phi) is 7.37. The molecule has 1 aliphatic rings. The van der Waals surface area contributed by atoms with E-state index in [4.69, 9.17) is 14.2 Å². The highest BCUT2D eigenvalue weighted by molar-refractivity contribution is 5.78. The lowest BCUT2D eigenvalue weighted by Crippen LogP contribution is -2.42. The molecule has 0 aliphatic carbocycles. The van der Waals surface area contributed by atoms with E-state index in [0.29, 0.717) is 30.3 Å². The van der Waals surface area contributed by atoms with Crippen LogP contribution in [0.2, 0.25) is 0 Å². The summed E-state index contributed by atoms with van der Waals surface area (Å²) in [5.74, 6) is 2.50. The second kappa shape index (κ2) is 9.51. The van der Waals surface area contributed by atoms with Crippen molar-refractivity contribution in [2.24, 2.45) is 5.92 Å². The van der Waals surface area contributed by atoms with Crippen LogP contribution in [-0.2, 0) is 11.3 Å². The Morgan fingerprint density at radius 1 is 1.20 bits per heavy atom. The zero-order chi connectivity index (χ0) is 18.2. The Bertz CT molecular complexity index is 552. The Hall–Kier alpha value is -1.95. The first-order valence-electron chi connectivity index (χ1n) is 8.89. The van der Waals surface area contributed by atoms with Crippen molar-refractivity contribution in [2.45, 2.75) is 32.7 Å². The van der Waals surface area contributed by atoms with Crippen molar-refractivity contribution >= 4 is 5.91 Å². The van der Waals surface area contributed by atoms with Gasteiger partial charge in [0.25, 0.3) is 0 Å². The number of ether oxygens (including phenoxy) is 3. The molecule has 1 aromatic rings. The number of carbonyl (C=O) groups is 1. The van der Waals surface area contributed by atoms with Crippen molar-refractivity contribution in [3.8, 4) is 17.2 Å². The van der Waals surface area contributed by atoms with Gasteiger partial charge in [0.1, 0.15) is 0 Å². The largest absolute Gasteiger partial charge is 0.493 e. The Morgan fingerprint density at radius 3 is 2.44 bits per heavy atom. The number of nitrogens with one attached hydrogen (secondary N) is 1. The second-order valence-electron chi connectivity index (χ2n) is 6.46. The lowest BCUT2D eigenvalue weighted by Gasteiger charge is -2.31. The van der Waals surface area contributed by atoms with E-state index in [-0.39, 0.29) is 5.91 Å². The lowest BCUT2D eigenvalue weighted by atomic mass is 9.96. The van der Waals surface area contributed by atoms with Crippen molar-refractivity contribution in [3.63, 3.8) is 0 Å². The van der Waals surface area contributed by atoms with Gasteiger partial charge in [-0.15, -0.1) is 0 Å². The predicted octanol–water partition coefficient (Wildman–Crippen LogP) is 2.45. The molecule has 0 saturated carbocycles. The average Bonchev–Trinajstić information content (AvgIpc) is 2.65. The summed E-state index contributed by atoms with van der Waals surface area (Å²) in [4.78, 5) is 14.5. The monoisotopic (exact) mass is 350 g/mol. The number of hydrogen-bond donors (Lipinski definition) is 1. The molecular formula is C19H30N2O4. The van der Waals surface area contributed by atoms with E-state index in [2.05, 4.69) is 17.1 Å². The summed E-state index contributed by atoms with van der Waals surface area (Å²) >= 11 is 0. The topological polar surface area (TPSA) is 60.0 Å². The number of nitrogens with zero attached hydrogens (tertiary/aromatic N) is 1. The van der Waals surface area contributed by atoms with Crippen molar-refractivity contribution in [1.29, 1.82) is 0 Å². The zero-order valence-corrected chi connectivity index (χ0v) is 15.8. The molecule has 1 unspecified atom stereocenters. The fourth-order valence-corrected chi connectivity index (χ4v) is 3.33. The molecule has 25 heavy (non-hydrogen) atoms. The average molecular weight is 350 g/mol. The summed E-state index contributed by atoms with van der Waals surface area (Å²) in [5.41, 5.74) is 0.910. The lowest BCUT2D eigenvalue weighted by molar-refractivity contribution is -0.122. The third-order valence-corrected chi connectivity index (χ3v) is 4.76. The first-order chi connectivity index (χ1) is 12.1. The molecule has 0 spiro atoms. The fraction of sp³-hybridized carbons (Fsp3) is 0.632. The molecule has 1 aliphatic heterocycles. The molecule has 1 amide bonds. The van der Waals surface area contributed by atoms with Crippen LogP contribution in [0.15, 0.2) is 12.1 Å². The summed E-state index contributed by atoms with van der Waals surface area (Å²) in [7, 11) is 4.74. The van der Waals surface area contributed by atoms with E-state index in [1.54, 1.807) is 21.3 Å². The van der Waals surface area contributed by atoms with Crippen LogP contribution in [0.5, 0.6) is 17.2 Å². The van der Waals surface area contributed by atoms with Crippen LogP contribution in [0.1, 0.15) is 31.7 Å². The number of likely N-dealkylation sites (tertiary alicyclic amines) is 1. The SMILES string of the molecule is CCC1CCCN(CC(=O)NCc2cc(OC)c(OC)c(OC)c2)C1. The third kappa shape index (κ3) is 5.26. The third-order valence-electron chi connectivity index (χ3n) is 4.76. The van der Waals surface area contributed by atoms with Crippen LogP contribution in [-0.4, -0.2) is 51.8 Å². The number of rotatable bonds is 8. The van der Waals surface area contributed by atoms with Crippen molar-refractivity contribution < 1.29 is 19.0 Å². The number of benzene rings is 1. The number of methoxy groups -OCH3 is 3. The van der Waals surface area contributed by atoms with Crippen molar-refractivity contribution in [1.82, 2.24) is 10.2 Å². The van der Waals surface area contributed by atoms with Crippen LogP contribution >= 0.6 is 0 Å². The van der Waals surface area contributed by atoms with E-state index in [1.807, 2.05) is 12.1 Å². The molecule has 6 heteroatoms. The number of hydrogen-bond acceptors (Lipinski definition) is 5. The zero-order valence-electron chi connectivity index (χ0n) is 15.8. The molecule has 1 atom stereocenters. The van der Waals surface area contributed by atoms with Gasteiger partial charge in [0.2, 0.25) is 11.7 Å². The van der Waals surface area contributed by atoms with E-state index < -0.39 is 0 Å². The molecule has 0 radical (unpaired) electrons. The maximum Gasteiger partial charge on any atom is 0.234 e. The maximum absolute atomic E-state index is 12.3. The minimum Gasteiger partial charge on any atom is -0.493 e. The van der Waals surface area contributed by atoms with Gasteiger partial charge < -0.3 is 19.5 Å². The van der Waals surface area contributed by atoms with Crippen LogP contribution in [0.4, 0.5) is 0 Å². The highest BCUT2D eigenvalue weighted by atomic mass is 16.5. The van der Waals surface area contributed by atoms with E-state index >= 15 is 0 Å². The van der Waals surface area contributed by atoms with Gasteiger partial charge >= 0.3 is 0 Å². The summed E-state index contributed by atoms with van der Waals surface area (Å²) < 4.78 is 16.0. The molecule has 140 valence electrons. The minimum absolute atomic E-state index is 0.0468. The van der Waals surface area contributed by atoms with Gasteiger partial charge in [0.05, 0.1) is 27.9 Å². The van der Waals surface area contributed by atoms with Crippen LogP contribution in [0.25, 0.3) is 0 Å². The molecule has 0 aromatic heterocycles. The smallest absolute Gasteiger partial charge is 0.234 e. The molecule has 1 saturated heterocycles. The van der Waals surface area contributed by atoms with E-state index in [0.717, 1.165) is 24.6 Å². The molecule has 0 bridgehead atoms. The second-order valence-corrected chi connectivity index (χ2v) is 6.46. The molecule has 2 rings (SSSR count). The van der Waals surface area contributed by atoms with Crippen LogP contribution < -0.4 is 19.5 Å². The highest BCUT2D eigenvalue weighted by Gasteiger charge is 2.20. The Balaban J connectivity index is 1.93. The van der Waals surface area contributed by atoms with Gasteiger partial charge in [-0.2, -0.15) is 0 Å². The Morgan fingerprint density at radius 2 is 1.88 bits per heavy atom. The minimum atomic E-state index is 0.0468. The van der Waals surface area contributed by atoms with E-state index in [1.165, 1.54) is 19.3 Å². The van der Waals surface area contributed by atoms with E-state index in [9.17, 15) is 4.79 Å². The molecule has 6 nitrogen and oxygen atoms in total. The highest BCUT2D eigenvalue weighted by Crippen LogP contribution is 2.38. The van der Waals surface area contributed by atoms with Gasteiger partial charge in [-0.1, -0.05) is 13.3 Å². The Labute approximate surface area is 150 Å². The number of carbonyl (C=O) groups excluding carboxylic acids is 1. The first kappa shape index (κ1) is 19.4. The standard InChI is InChI=1S/C19H30N2O4/c1-5-14-7-6-8-21(12-14)13-18(22)20-11-15-9-16(23-2)19(25-4)17(10-15)24-3/h9-10,14H,5-8,11-13H2,1-4H3,(H,20,22). The van der Waals surface area contributed by atoms with Crippen molar-refractivity contribution in [3.05, 3.63) is 17.7 Å². The number of amides is 1. The van der Waals surface area contributed by atoms with Crippen molar-refractivity contribution in [2.75, 3.05) is 41.0 Å². The van der Waals surface area contributed by atoms with Gasteiger partial charge in [-0.05, 0) is 43.0 Å². The van der Waals surface area contributed by atoms with Gasteiger partial charge in [-0.25, -0.2) is 0 Å². The van der Waals surface area contributed by atoms with Crippen LogP contribution in [0.3, 0.4) is 0 Å². The summed E-state index contributed by atoms with van der Waals surface area (Å²) in [6.45, 7) is 5.14. The first-order valence-corrected chi connectivity index (χ1v) is 8.89. The summed E-state index contributed by atoms with van der Waals surface area (Å²) in [6, 6.07) is 3.71. The maximum atomic E-state index is 12.3. The quantitative estimate of drug-likeness (QED) is 0.780. The molecular weight excluding hydrogens is 320 g/mol. The molecule has 1 N–H and O–H groups in total. The van der Waals surface area contributed by atoms with Gasteiger partial charge in [0, 0.05) is 13.1 Å². The molecule has 1 aromatic carbocycles. The number of piperidine rings is 1. The summed E-state index contributed by atoms with van der Waals surface area (Å²) in [6.07, 6.45) is 3.64. The molecule has 1 heterocycles. The normalized spacial score (nSPS) is 17.8. The van der Waals surface area contributed by atoms with Crippen LogP contribution in [0, 0.1) is 5.92 Å². The summed E-state index contributed by atoms with van der Waals surface area (Å²) in [5, 5.41) is 2.99. The van der Waals surface area contributed by atoms with Gasteiger partial charge in [0.15, 0.2) is 11.5 Å². The molecule has 1 fully saturated rings. The fourth-order valence-electron chi connectivity index (χ4n) is 3.33. The predicted molar refractivity (Wildman–Crippen MR) is 97.4 cm³/mol. The van der Waals surface area contributed by atoms with Gasteiger partial charge in [-0.3, -0.25) is 9.69 Å².